The lowest BCUT2D eigenvalue weighted by Gasteiger charge is -2.11. The molecule has 0 atom stereocenters. The second-order valence-corrected chi connectivity index (χ2v) is 7.12. The normalized spacial score (nSPS) is 10.9. The fourth-order valence-electron chi connectivity index (χ4n) is 2.23. The van der Waals surface area contributed by atoms with Crippen molar-refractivity contribution in [1.82, 2.24) is 4.72 Å². The average molecular weight is 380 g/mol. The Kier molecular flexibility index (Phi) is 5.61. The number of nitrogens with one attached hydrogen (secondary N) is 2. The lowest BCUT2D eigenvalue weighted by Crippen LogP contribution is -2.31. The minimum Gasteiger partial charge on any atom is -0.496 e. The molecular weight excluding hydrogens is 363 g/mol. The number of carbonyl (C=O) groups excluding carboxylic acids is 2. The maximum Gasteiger partial charge on any atom is 0.268 e. The fraction of sp³-hybridized carbons (Fsp3) is 0.176. The molecule has 0 saturated heterocycles. The third-order valence-electron chi connectivity index (χ3n) is 3.44. The standard InChI is InChI=1S/C17H17FN2O5S/c1-10-8-13(5-7-16(10)25-3)26(23,24)20-17(22)14-9-12(19-11(2)21)4-6-15(14)18/h4-9H,1-3H3,(H,19,21)(H,20,22). The summed E-state index contributed by atoms with van der Waals surface area (Å²) in [6.45, 7) is 2.90. The van der Waals surface area contributed by atoms with Crippen LogP contribution in [0.25, 0.3) is 0 Å². The molecule has 0 bridgehead atoms. The highest BCUT2D eigenvalue weighted by Gasteiger charge is 2.22. The zero-order valence-electron chi connectivity index (χ0n) is 14.3. The molecule has 0 aliphatic heterocycles. The van der Waals surface area contributed by atoms with Crippen LogP contribution in [0.15, 0.2) is 41.3 Å². The first-order valence-corrected chi connectivity index (χ1v) is 8.91. The third-order valence-corrected chi connectivity index (χ3v) is 4.76. The highest BCUT2D eigenvalue weighted by atomic mass is 32.2. The number of amides is 2. The van der Waals surface area contributed by atoms with E-state index >= 15 is 0 Å². The van der Waals surface area contributed by atoms with Crippen molar-refractivity contribution in [3.05, 3.63) is 53.3 Å². The third kappa shape index (κ3) is 4.37. The van der Waals surface area contributed by atoms with Gasteiger partial charge >= 0.3 is 0 Å². The van der Waals surface area contributed by atoms with Crippen LogP contribution in [-0.2, 0) is 14.8 Å². The van der Waals surface area contributed by atoms with Gasteiger partial charge < -0.3 is 10.1 Å². The van der Waals surface area contributed by atoms with Gasteiger partial charge in [0.05, 0.1) is 17.6 Å². The summed E-state index contributed by atoms with van der Waals surface area (Å²) in [6, 6.07) is 7.33. The van der Waals surface area contributed by atoms with Crippen molar-refractivity contribution >= 4 is 27.5 Å². The number of benzene rings is 2. The zero-order valence-corrected chi connectivity index (χ0v) is 15.1. The largest absolute Gasteiger partial charge is 0.496 e. The number of hydrogen-bond acceptors (Lipinski definition) is 5. The Bertz CT molecular complexity index is 973. The summed E-state index contributed by atoms with van der Waals surface area (Å²) in [7, 11) is -2.77. The Labute approximate surface area is 150 Å². The summed E-state index contributed by atoms with van der Waals surface area (Å²) < 4.78 is 45.5. The summed E-state index contributed by atoms with van der Waals surface area (Å²) in [5.74, 6) is -1.99. The quantitative estimate of drug-likeness (QED) is 0.828. The molecule has 7 nitrogen and oxygen atoms in total. The van der Waals surface area contributed by atoms with Gasteiger partial charge in [-0.1, -0.05) is 0 Å². The van der Waals surface area contributed by atoms with Crippen molar-refractivity contribution < 1.29 is 27.1 Å². The molecule has 0 spiro atoms. The van der Waals surface area contributed by atoms with Crippen molar-refractivity contribution in [2.75, 3.05) is 12.4 Å². The maximum atomic E-state index is 13.9. The van der Waals surface area contributed by atoms with Gasteiger partial charge in [0.2, 0.25) is 5.91 Å². The minimum atomic E-state index is -4.22. The minimum absolute atomic E-state index is 0.164. The van der Waals surface area contributed by atoms with E-state index in [4.69, 9.17) is 4.74 Å². The Morgan fingerprint density at radius 2 is 1.81 bits per heavy atom. The Morgan fingerprint density at radius 3 is 2.38 bits per heavy atom. The van der Waals surface area contributed by atoms with Gasteiger partial charge in [0.25, 0.3) is 15.9 Å². The predicted octanol–water partition coefficient (Wildman–Crippen LogP) is 2.22. The van der Waals surface area contributed by atoms with Crippen molar-refractivity contribution in [2.24, 2.45) is 0 Å². The van der Waals surface area contributed by atoms with E-state index in [0.29, 0.717) is 11.3 Å². The number of rotatable bonds is 5. The van der Waals surface area contributed by atoms with E-state index < -0.39 is 33.2 Å². The van der Waals surface area contributed by atoms with Crippen LogP contribution < -0.4 is 14.8 Å². The molecule has 0 unspecified atom stereocenters. The van der Waals surface area contributed by atoms with E-state index in [-0.39, 0.29) is 10.6 Å². The molecule has 0 fully saturated rings. The van der Waals surface area contributed by atoms with Gasteiger partial charge in [-0.05, 0) is 48.9 Å². The zero-order chi connectivity index (χ0) is 19.5. The lowest BCUT2D eigenvalue weighted by atomic mass is 10.2. The predicted molar refractivity (Wildman–Crippen MR) is 93.1 cm³/mol. The first kappa shape index (κ1) is 19.4. The molecule has 0 saturated carbocycles. The molecule has 0 radical (unpaired) electrons. The number of aryl methyl sites for hydroxylation is 1. The first-order chi connectivity index (χ1) is 12.1. The number of hydrogen-bond donors (Lipinski definition) is 2. The van der Waals surface area contributed by atoms with Crippen LogP contribution in [0, 0.1) is 12.7 Å². The van der Waals surface area contributed by atoms with Crippen molar-refractivity contribution in [3.8, 4) is 5.75 Å². The van der Waals surface area contributed by atoms with Crippen LogP contribution >= 0.6 is 0 Å². The molecule has 2 amide bonds. The Hall–Kier alpha value is -2.94. The summed E-state index contributed by atoms with van der Waals surface area (Å²) in [5.41, 5.74) is 0.216. The maximum absolute atomic E-state index is 13.9. The molecule has 2 aromatic carbocycles. The van der Waals surface area contributed by atoms with E-state index in [1.807, 2.05) is 4.72 Å². The van der Waals surface area contributed by atoms with Crippen LogP contribution in [-0.4, -0.2) is 27.3 Å². The summed E-state index contributed by atoms with van der Waals surface area (Å²) in [4.78, 5) is 23.1. The van der Waals surface area contributed by atoms with Crippen molar-refractivity contribution in [3.63, 3.8) is 0 Å². The molecule has 2 N–H and O–H groups in total. The second kappa shape index (κ2) is 7.52. The van der Waals surface area contributed by atoms with E-state index in [0.717, 1.165) is 12.1 Å². The van der Waals surface area contributed by atoms with Crippen molar-refractivity contribution in [2.45, 2.75) is 18.7 Å². The lowest BCUT2D eigenvalue weighted by molar-refractivity contribution is -0.114. The molecule has 138 valence electrons. The summed E-state index contributed by atoms with van der Waals surface area (Å²) >= 11 is 0. The molecule has 2 aromatic rings. The molecular formula is C17H17FN2O5S. The van der Waals surface area contributed by atoms with Crippen LogP contribution in [0.1, 0.15) is 22.8 Å². The van der Waals surface area contributed by atoms with Gasteiger partial charge in [-0.3, -0.25) is 9.59 Å². The Morgan fingerprint density at radius 1 is 1.12 bits per heavy atom. The molecule has 9 heteroatoms. The number of ether oxygens (including phenoxy) is 1. The smallest absolute Gasteiger partial charge is 0.268 e. The number of sulfonamides is 1. The van der Waals surface area contributed by atoms with E-state index in [1.165, 1.54) is 38.3 Å². The fourth-order valence-corrected chi connectivity index (χ4v) is 3.29. The van der Waals surface area contributed by atoms with E-state index in [1.54, 1.807) is 6.92 Å². The van der Waals surface area contributed by atoms with Gasteiger partial charge in [0.15, 0.2) is 0 Å². The molecule has 0 aliphatic rings. The summed E-state index contributed by atoms with van der Waals surface area (Å²) in [5, 5.41) is 2.39. The molecule has 0 aromatic heterocycles. The Balaban J connectivity index is 2.31. The van der Waals surface area contributed by atoms with Crippen molar-refractivity contribution in [1.29, 1.82) is 0 Å². The van der Waals surface area contributed by atoms with Crippen LogP contribution in [0.2, 0.25) is 0 Å². The monoisotopic (exact) mass is 380 g/mol. The number of carbonyl (C=O) groups is 2. The molecule has 2 rings (SSSR count). The van der Waals surface area contributed by atoms with E-state index in [9.17, 15) is 22.4 Å². The average Bonchev–Trinajstić information content (AvgIpc) is 2.55. The second-order valence-electron chi connectivity index (χ2n) is 5.44. The summed E-state index contributed by atoms with van der Waals surface area (Å²) in [6.07, 6.45) is 0. The van der Waals surface area contributed by atoms with E-state index in [2.05, 4.69) is 5.32 Å². The van der Waals surface area contributed by atoms with Crippen LogP contribution in [0.5, 0.6) is 5.75 Å². The van der Waals surface area contributed by atoms with Gasteiger partial charge in [-0.15, -0.1) is 0 Å². The van der Waals surface area contributed by atoms with Gasteiger partial charge in [-0.2, -0.15) is 0 Å². The van der Waals surface area contributed by atoms with Crippen LogP contribution in [0.3, 0.4) is 0 Å². The van der Waals surface area contributed by atoms with Crippen LogP contribution in [0.4, 0.5) is 10.1 Å². The number of methoxy groups -OCH3 is 1. The van der Waals surface area contributed by atoms with Gasteiger partial charge in [0.1, 0.15) is 11.6 Å². The molecule has 26 heavy (non-hydrogen) atoms. The van der Waals surface area contributed by atoms with Gasteiger partial charge in [0, 0.05) is 12.6 Å². The highest BCUT2D eigenvalue weighted by Crippen LogP contribution is 2.22. The molecule has 0 heterocycles. The number of anilines is 1. The topological polar surface area (TPSA) is 102 Å². The number of halogens is 1. The molecule has 0 aliphatic carbocycles. The SMILES string of the molecule is COc1ccc(S(=O)(=O)NC(=O)c2cc(NC(C)=O)ccc2F)cc1C. The first-order valence-electron chi connectivity index (χ1n) is 7.43. The van der Waals surface area contributed by atoms with Gasteiger partial charge in [-0.25, -0.2) is 17.5 Å². The highest BCUT2D eigenvalue weighted by molar-refractivity contribution is 7.90.